The number of hydrogen-bond acceptors (Lipinski definition) is 2. The molecule has 1 fully saturated rings. The van der Waals surface area contributed by atoms with Crippen LogP contribution in [0.5, 0.6) is 0 Å². The molecule has 1 heterocycles. The molecular weight excluding hydrogens is 277 g/mol. The minimum atomic E-state index is -0.194. The van der Waals surface area contributed by atoms with Crippen LogP contribution < -0.4 is 5.32 Å². The molecule has 1 aromatic carbocycles. The molecule has 1 saturated heterocycles. The minimum absolute atomic E-state index is 0.194. The quantitative estimate of drug-likeness (QED) is 0.891. The molecule has 82 valence electrons. The Morgan fingerprint density at radius 2 is 2.40 bits per heavy atom. The molecule has 0 aromatic heterocycles. The monoisotopic (exact) mass is 289 g/mol. The van der Waals surface area contributed by atoms with Gasteiger partial charge in [0.15, 0.2) is 0 Å². The van der Waals surface area contributed by atoms with Crippen molar-refractivity contribution in [2.24, 2.45) is 0 Å². The van der Waals surface area contributed by atoms with Crippen molar-refractivity contribution in [3.8, 4) is 0 Å². The zero-order valence-corrected chi connectivity index (χ0v) is 10.9. The highest BCUT2D eigenvalue weighted by Gasteiger charge is 2.25. The van der Waals surface area contributed by atoms with Gasteiger partial charge in [0.05, 0.1) is 5.37 Å². The van der Waals surface area contributed by atoms with Crippen molar-refractivity contribution >= 4 is 27.7 Å². The van der Waals surface area contributed by atoms with E-state index in [0.717, 1.165) is 22.2 Å². The first-order valence-electron chi connectivity index (χ1n) is 5.03. The third-order valence-electron chi connectivity index (χ3n) is 2.59. The van der Waals surface area contributed by atoms with Gasteiger partial charge in [-0.3, -0.25) is 5.32 Å². The lowest BCUT2D eigenvalue weighted by atomic mass is 10.2. The average Bonchev–Trinajstić information content (AvgIpc) is 2.66. The van der Waals surface area contributed by atoms with Crippen LogP contribution in [0.1, 0.15) is 24.3 Å². The molecule has 1 N–H and O–H groups in total. The largest absolute Gasteiger partial charge is 0.298 e. The van der Waals surface area contributed by atoms with Gasteiger partial charge in [-0.1, -0.05) is 28.9 Å². The minimum Gasteiger partial charge on any atom is -0.298 e. The Bertz CT molecular complexity index is 358. The highest BCUT2D eigenvalue weighted by atomic mass is 79.9. The first-order valence-corrected chi connectivity index (χ1v) is 6.87. The summed E-state index contributed by atoms with van der Waals surface area (Å²) in [5.41, 5.74) is 1.14. The molecule has 0 bridgehead atoms. The summed E-state index contributed by atoms with van der Waals surface area (Å²) in [6.07, 6.45) is 1.14. The molecule has 0 radical (unpaired) electrons. The molecule has 0 amide bonds. The summed E-state index contributed by atoms with van der Waals surface area (Å²) in [7, 11) is 0. The zero-order valence-electron chi connectivity index (χ0n) is 8.47. The predicted octanol–water partition coefficient (Wildman–Crippen LogP) is 3.70. The third kappa shape index (κ3) is 2.55. The van der Waals surface area contributed by atoms with E-state index >= 15 is 0 Å². The number of rotatable bonds is 2. The van der Waals surface area contributed by atoms with Crippen molar-refractivity contribution in [3.05, 3.63) is 34.1 Å². The van der Waals surface area contributed by atoms with Crippen LogP contribution in [-0.2, 0) is 0 Å². The van der Waals surface area contributed by atoms with Crippen molar-refractivity contribution in [1.29, 1.82) is 0 Å². The van der Waals surface area contributed by atoms with Crippen molar-refractivity contribution in [3.63, 3.8) is 0 Å². The Hall–Kier alpha value is -0.0600. The maximum absolute atomic E-state index is 12.9. The lowest BCUT2D eigenvalue weighted by molar-refractivity contribution is 0.559. The Morgan fingerprint density at radius 1 is 1.60 bits per heavy atom. The SMILES string of the molecule is CCC1CSC(c2ccc(F)cc2Br)N1. The summed E-state index contributed by atoms with van der Waals surface area (Å²) < 4.78 is 13.8. The van der Waals surface area contributed by atoms with E-state index in [1.54, 1.807) is 0 Å². The van der Waals surface area contributed by atoms with Gasteiger partial charge in [0.25, 0.3) is 0 Å². The zero-order chi connectivity index (χ0) is 10.8. The van der Waals surface area contributed by atoms with E-state index in [0.29, 0.717) is 11.4 Å². The van der Waals surface area contributed by atoms with E-state index in [1.165, 1.54) is 12.1 Å². The van der Waals surface area contributed by atoms with Crippen molar-refractivity contribution in [2.45, 2.75) is 24.8 Å². The van der Waals surface area contributed by atoms with Crippen LogP contribution in [0.15, 0.2) is 22.7 Å². The summed E-state index contributed by atoms with van der Waals surface area (Å²) in [5, 5.41) is 3.82. The van der Waals surface area contributed by atoms with Gasteiger partial charge in [-0.15, -0.1) is 11.8 Å². The van der Waals surface area contributed by atoms with Crippen LogP contribution in [0.4, 0.5) is 4.39 Å². The second-order valence-corrected chi connectivity index (χ2v) is 5.64. The fourth-order valence-electron chi connectivity index (χ4n) is 1.65. The van der Waals surface area contributed by atoms with Crippen LogP contribution in [0.2, 0.25) is 0 Å². The second-order valence-electron chi connectivity index (χ2n) is 3.65. The van der Waals surface area contributed by atoms with E-state index < -0.39 is 0 Å². The molecule has 0 aliphatic carbocycles. The lowest BCUT2D eigenvalue weighted by Crippen LogP contribution is -2.24. The van der Waals surface area contributed by atoms with Gasteiger partial charge in [0, 0.05) is 16.3 Å². The summed E-state index contributed by atoms with van der Waals surface area (Å²) in [5.74, 6) is 0.936. The van der Waals surface area contributed by atoms with Gasteiger partial charge >= 0.3 is 0 Å². The molecule has 15 heavy (non-hydrogen) atoms. The Kier molecular flexibility index (Phi) is 3.69. The van der Waals surface area contributed by atoms with E-state index in [4.69, 9.17) is 0 Å². The number of benzene rings is 1. The molecule has 2 unspecified atom stereocenters. The first-order chi connectivity index (χ1) is 7.20. The molecule has 1 aromatic rings. The normalized spacial score (nSPS) is 25.8. The molecule has 0 spiro atoms. The number of thioether (sulfide) groups is 1. The summed E-state index contributed by atoms with van der Waals surface area (Å²) in [6.45, 7) is 2.18. The Balaban J connectivity index is 2.17. The van der Waals surface area contributed by atoms with E-state index in [2.05, 4.69) is 28.2 Å². The Labute approximate surface area is 102 Å². The number of hydrogen-bond donors (Lipinski definition) is 1. The van der Waals surface area contributed by atoms with Gasteiger partial charge < -0.3 is 0 Å². The van der Waals surface area contributed by atoms with Gasteiger partial charge in [-0.25, -0.2) is 4.39 Å². The topological polar surface area (TPSA) is 12.0 Å². The first kappa shape index (κ1) is 11.4. The second kappa shape index (κ2) is 4.85. The molecule has 2 rings (SSSR count). The van der Waals surface area contributed by atoms with Crippen LogP contribution >= 0.6 is 27.7 Å². The van der Waals surface area contributed by atoms with Crippen molar-refractivity contribution in [2.75, 3.05) is 5.75 Å². The fraction of sp³-hybridized carbons (Fsp3) is 0.455. The molecular formula is C11H13BrFNS. The molecule has 4 heteroatoms. The fourth-order valence-corrected chi connectivity index (χ4v) is 3.81. The Morgan fingerprint density at radius 3 is 3.00 bits per heavy atom. The van der Waals surface area contributed by atoms with Gasteiger partial charge in [0.2, 0.25) is 0 Å². The van der Waals surface area contributed by atoms with Gasteiger partial charge in [-0.2, -0.15) is 0 Å². The van der Waals surface area contributed by atoms with Crippen LogP contribution in [0.25, 0.3) is 0 Å². The smallest absolute Gasteiger partial charge is 0.124 e. The van der Waals surface area contributed by atoms with Crippen LogP contribution in [0, 0.1) is 5.82 Å². The maximum atomic E-state index is 12.9. The summed E-state index contributed by atoms with van der Waals surface area (Å²) in [6, 6.07) is 5.47. The molecule has 0 saturated carbocycles. The standard InChI is InChI=1S/C11H13BrFNS/c1-2-8-6-15-11(14-8)9-4-3-7(13)5-10(9)12/h3-5,8,11,14H,2,6H2,1H3. The molecule has 2 atom stereocenters. The van der Waals surface area contributed by atoms with Crippen molar-refractivity contribution < 1.29 is 4.39 Å². The molecule has 1 aliphatic heterocycles. The number of nitrogens with one attached hydrogen (secondary N) is 1. The van der Waals surface area contributed by atoms with Crippen LogP contribution in [0.3, 0.4) is 0 Å². The highest BCUT2D eigenvalue weighted by Crippen LogP contribution is 2.37. The van der Waals surface area contributed by atoms with Gasteiger partial charge in [-0.05, 0) is 24.1 Å². The van der Waals surface area contributed by atoms with E-state index in [-0.39, 0.29) is 5.82 Å². The molecule has 1 aliphatic rings. The summed E-state index contributed by atoms with van der Waals surface area (Å²) in [4.78, 5) is 0. The summed E-state index contributed by atoms with van der Waals surface area (Å²) >= 11 is 5.29. The lowest BCUT2D eigenvalue weighted by Gasteiger charge is -2.13. The van der Waals surface area contributed by atoms with Crippen molar-refractivity contribution in [1.82, 2.24) is 5.32 Å². The number of halogens is 2. The van der Waals surface area contributed by atoms with Gasteiger partial charge in [0.1, 0.15) is 5.82 Å². The van der Waals surface area contributed by atoms with Crippen LogP contribution in [-0.4, -0.2) is 11.8 Å². The van der Waals surface area contributed by atoms with E-state index in [1.807, 2.05) is 17.8 Å². The average molecular weight is 290 g/mol. The highest BCUT2D eigenvalue weighted by molar-refractivity contribution is 9.10. The maximum Gasteiger partial charge on any atom is 0.124 e. The third-order valence-corrected chi connectivity index (χ3v) is 4.59. The molecule has 1 nitrogen and oxygen atoms in total. The predicted molar refractivity (Wildman–Crippen MR) is 66.5 cm³/mol. The van der Waals surface area contributed by atoms with E-state index in [9.17, 15) is 4.39 Å².